The van der Waals surface area contributed by atoms with Crippen LogP contribution in [0.1, 0.15) is 44.9 Å². The minimum atomic E-state index is -0.680. The van der Waals surface area contributed by atoms with E-state index in [0.29, 0.717) is 12.5 Å². The van der Waals surface area contributed by atoms with E-state index in [1.54, 1.807) is 0 Å². The monoisotopic (exact) mass is 245 g/mol. The van der Waals surface area contributed by atoms with E-state index in [1.165, 1.54) is 25.7 Å². The Hall–Kier alpha value is -0.220. The van der Waals surface area contributed by atoms with Gasteiger partial charge in [-0.3, -0.25) is 4.79 Å². The van der Waals surface area contributed by atoms with Crippen molar-refractivity contribution in [2.75, 3.05) is 12.8 Å². The first-order valence-electron chi connectivity index (χ1n) is 6.20. The lowest BCUT2D eigenvalue weighted by Gasteiger charge is -2.28. The number of hydrogen-bond donors (Lipinski definition) is 2. The van der Waals surface area contributed by atoms with Crippen LogP contribution in [0.25, 0.3) is 0 Å². The summed E-state index contributed by atoms with van der Waals surface area (Å²) < 4.78 is 0. The van der Waals surface area contributed by atoms with Crippen molar-refractivity contribution in [2.45, 2.75) is 56.2 Å². The Morgan fingerprint density at radius 1 is 1.44 bits per heavy atom. The maximum atomic E-state index is 10.3. The molecule has 0 aromatic carbocycles. The maximum absolute atomic E-state index is 10.3. The molecule has 0 spiro atoms. The summed E-state index contributed by atoms with van der Waals surface area (Å²) in [5.41, 5.74) is 0. The predicted octanol–water partition coefficient (Wildman–Crippen LogP) is 2.51. The van der Waals surface area contributed by atoms with Crippen molar-refractivity contribution in [2.24, 2.45) is 0 Å². The van der Waals surface area contributed by atoms with Crippen molar-refractivity contribution in [3.8, 4) is 0 Å². The van der Waals surface area contributed by atoms with Crippen LogP contribution in [-0.4, -0.2) is 35.2 Å². The minimum absolute atomic E-state index is 0.305. The molecule has 2 N–H and O–H groups in total. The smallest absolute Gasteiger partial charge is 0.303 e. The van der Waals surface area contributed by atoms with Crippen molar-refractivity contribution in [3.63, 3.8) is 0 Å². The summed E-state index contributed by atoms with van der Waals surface area (Å²) in [5, 5.41) is 12.9. The number of nitrogens with one attached hydrogen (secondary N) is 1. The molecule has 94 valence electrons. The summed E-state index contributed by atoms with van der Waals surface area (Å²) in [5.74, 6) is -0.680. The van der Waals surface area contributed by atoms with Crippen LogP contribution in [0.3, 0.4) is 0 Å². The van der Waals surface area contributed by atoms with Gasteiger partial charge in [0, 0.05) is 17.7 Å². The quantitative estimate of drug-likeness (QED) is 0.677. The lowest BCUT2D eigenvalue weighted by molar-refractivity contribution is -0.137. The highest BCUT2D eigenvalue weighted by atomic mass is 32.2. The van der Waals surface area contributed by atoms with Gasteiger partial charge in [0.25, 0.3) is 0 Å². The van der Waals surface area contributed by atoms with E-state index < -0.39 is 5.97 Å². The summed E-state index contributed by atoms with van der Waals surface area (Å²) in [6, 6.07) is 0.663. The molecule has 0 aliphatic heterocycles. The highest BCUT2D eigenvalue weighted by Crippen LogP contribution is 2.26. The fourth-order valence-corrected chi connectivity index (χ4v) is 3.08. The molecule has 0 heterocycles. The number of carboxylic acids is 1. The summed E-state index contributed by atoms with van der Waals surface area (Å²) in [7, 11) is 0. The molecule has 1 saturated carbocycles. The van der Waals surface area contributed by atoms with Crippen LogP contribution in [0.2, 0.25) is 0 Å². The number of thioether (sulfide) groups is 1. The largest absolute Gasteiger partial charge is 0.481 e. The standard InChI is InChI=1S/C12H23NO2S/c1-16-11-6-4-5-10(9-11)13-8-3-2-7-12(14)15/h10-11,13H,2-9H2,1H3,(H,14,15). The molecule has 0 aromatic rings. The first-order valence-corrected chi connectivity index (χ1v) is 7.49. The number of carbonyl (C=O) groups is 1. The molecule has 1 rings (SSSR count). The molecule has 0 radical (unpaired) electrons. The van der Waals surface area contributed by atoms with Crippen LogP contribution in [0, 0.1) is 0 Å². The average molecular weight is 245 g/mol. The third-order valence-electron chi connectivity index (χ3n) is 3.21. The number of rotatable bonds is 7. The zero-order valence-electron chi connectivity index (χ0n) is 10.1. The van der Waals surface area contributed by atoms with Crippen LogP contribution in [0.15, 0.2) is 0 Å². The molecule has 1 aliphatic carbocycles. The van der Waals surface area contributed by atoms with Crippen LogP contribution in [0.4, 0.5) is 0 Å². The van der Waals surface area contributed by atoms with Gasteiger partial charge >= 0.3 is 5.97 Å². The molecule has 1 fully saturated rings. The molecule has 3 nitrogen and oxygen atoms in total. The van der Waals surface area contributed by atoms with E-state index in [0.717, 1.165) is 24.6 Å². The molecule has 0 aromatic heterocycles. The van der Waals surface area contributed by atoms with E-state index in [-0.39, 0.29) is 0 Å². The molecule has 0 amide bonds. The van der Waals surface area contributed by atoms with Gasteiger partial charge in [0.2, 0.25) is 0 Å². The van der Waals surface area contributed by atoms with Gasteiger partial charge in [0.15, 0.2) is 0 Å². The van der Waals surface area contributed by atoms with Crippen molar-refractivity contribution in [3.05, 3.63) is 0 Å². The van der Waals surface area contributed by atoms with E-state index in [1.807, 2.05) is 11.8 Å². The highest BCUT2D eigenvalue weighted by Gasteiger charge is 2.20. The fraction of sp³-hybridized carbons (Fsp3) is 0.917. The number of aliphatic carboxylic acids is 1. The van der Waals surface area contributed by atoms with Crippen LogP contribution >= 0.6 is 11.8 Å². The second-order valence-electron chi connectivity index (χ2n) is 4.53. The van der Waals surface area contributed by atoms with Crippen LogP contribution in [0.5, 0.6) is 0 Å². The van der Waals surface area contributed by atoms with Crippen LogP contribution in [-0.2, 0) is 4.79 Å². The van der Waals surface area contributed by atoms with Gasteiger partial charge in [-0.1, -0.05) is 6.42 Å². The first-order chi connectivity index (χ1) is 7.72. The molecule has 2 atom stereocenters. The van der Waals surface area contributed by atoms with E-state index >= 15 is 0 Å². The zero-order chi connectivity index (χ0) is 11.8. The van der Waals surface area contributed by atoms with Gasteiger partial charge in [0.05, 0.1) is 0 Å². The maximum Gasteiger partial charge on any atom is 0.303 e. The Bertz CT molecular complexity index is 211. The van der Waals surface area contributed by atoms with Crippen molar-refractivity contribution in [1.29, 1.82) is 0 Å². The lowest BCUT2D eigenvalue weighted by Crippen LogP contribution is -2.35. The Morgan fingerprint density at radius 2 is 2.25 bits per heavy atom. The first kappa shape index (κ1) is 13.8. The molecule has 2 unspecified atom stereocenters. The summed E-state index contributed by atoms with van der Waals surface area (Å²) >= 11 is 1.98. The topological polar surface area (TPSA) is 49.3 Å². The van der Waals surface area contributed by atoms with Gasteiger partial charge in [-0.05, 0) is 44.9 Å². The molecule has 16 heavy (non-hydrogen) atoms. The Kier molecular flexibility index (Phi) is 6.88. The summed E-state index contributed by atoms with van der Waals surface area (Å²) in [4.78, 5) is 10.3. The van der Waals surface area contributed by atoms with Gasteiger partial charge in [-0.25, -0.2) is 0 Å². The Labute approximate surface area is 102 Å². The van der Waals surface area contributed by atoms with Crippen molar-refractivity contribution < 1.29 is 9.90 Å². The number of unbranched alkanes of at least 4 members (excludes halogenated alkanes) is 1. The van der Waals surface area contributed by atoms with Crippen molar-refractivity contribution >= 4 is 17.7 Å². The van der Waals surface area contributed by atoms with Gasteiger partial charge in [-0.15, -0.1) is 0 Å². The SMILES string of the molecule is CSC1CCCC(NCCCCC(=O)O)C1. The van der Waals surface area contributed by atoms with Crippen LogP contribution < -0.4 is 5.32 Å². The molecular formula is C12H23NO2S. The third-order valence-corrected chi connectivity index (χ3v) is 4.30. The minimum Gasteiger partial charge on any atom is -0.481 e. The number of carboxylic acid groups (broad SMARTS) is 1. The van der Waals surface area contributed by atoms with Gasteiger partial charge in [-0.2, -0.15) is 11.8 Å². The Balaban J connectivity index is 2.01. The second-order valence-corrected chi connectivity index (χ2v) is 5.66. The highest BCUT2D eigenvalue weighted by molar-refractivity contribution is 7.99. The summed E-state index contributed by atoms with van der Waals surface area (Å²) in [6.07, 6.45) is 9.53. The van der Waals surface area contributed by atoms with Crippen molar-refractivity contribution in [1.82, 2.24) is 5.32 Å². The average Bonchev–Trinajstić information content (AvgIpc) is 2.28. The fourth-order valence-electron chi connectivity index (χ4n) is 2.25. The van der Waals surface area contributed by atoms with E-state index in [2.05, 4.69) is 11.6 Å². The Morgan fingerprint density at radius 3 is 2.94 bits per heavy atom. The summed E-state index contributed by atoms with van der Waals surface area (Å²) in [6.45, 7) is 0.971. The molecule has 0 bridgehead atoms. The van der Waals surface area contributed by atoms with Gasteiger partial charge < -0.3 is 10.4 Å². The van der Waals surface area contributed by atoms with E-state index in [9.17, 15) is 4.79 Å². The molecule has 1 aliphatic rings. The lowest BCUT2D eigenvalue weighted by atomic mass is 9.95. The molecular weight excluding hydrogens is 222 g/mol. The second kappa shape index (κ2) is 7.96. The number of hydrogen-bond acceptors (Lipinski definition) is 3. The zero-order valence-corrected chi connectivity index (χ0v) is 10.9. The molecule has 4 heteroatoms. The predicted molar refractivity (Wildman–Crippen MR) is 69.0 cm³/mol. The molecule has 0 saturated heterocycles. The third kappa shape index (κ3) is 5.75. The normalized spacial score (nSPS) is 25.6. The van der Waals surface area contributed by atoms with E-state index in [4.69, 9.17) is 5.11 Å². The van der Waals surface area contributed by atoms with Gasteiger partial charge in [0.1, 0.15) is 0 Å².